The second kappa shape index (κ2) is 10.7. The number of nitrogens with one attached hydrogen (secondary N) is 1. The lowest BCUT2D eigenvalue weighted by atomic mass is 10.3. The van der Waals surface area contributed by atoms with Gasteiger partial charge in [0.05, 0.1) is 14.2 Å². The van der Waals surface area contributed by atoms with Crippen LogP contribution in [0.1, 0.15) is 20.3 Å². The molecule has 0 amide bonds. The smallest absolute Gasteiger partial charge is 0.244 e. The van der Waals surface area contributed by atoms with Crippen molar-refractivity contribution in [3.63, 3.8) is 0 Å². The Hall–Kier alpha value is -1.02. The van der Waals surface area contributed by atoms with Crippen molar-refractivity contribution in [2.45, 2.75) is 25.2 Å². The quantitative estimate of drug-likeness (QED) is 0.642. The van der Waals surface area contributed by atoms with E-state index in [2.05, 4.69) is 23.5 Å². The van der Waals surface area contributed by atoms with Crippen molar-refractivity contribution in [1.29, 1.82) is 0 Å². The van der Waals surface area contributed by atoms with Crippen molar-refractivity contribution in [2.24, 2.45) is 0 Å². The maximum atomic E-state index is 12.4. The van der Waals surface area contributed by atoms with Crippen molar-refractivity contribution in [2.75, 3.05) is 40.4 Å². The van der Waals surface area contributed by atoms with E-state index < -0.39 is 10.0 Å². The summed E-state index contributed by atoms with van der Waals surface area (Å²) in [5.74, 6) is 0.779. The maximum absolute atomic E-state index is 12.4. The number of hydrogen-bond acceptors (Lipinski definition) is 5. The third-order valence-corrected chi connectivity index (χ3v) is 4.98. The van der Waals surface area contributed by atoms with Crippen molar-refractivity contribution in [3.05, 3.63) is 18.2 Å². The molecule has 0 aromatic heterocycles. The van der Waals surface area contributed by atoms with Crippen molar-refractivity contribution < 1.29 is 17.9 Å². The van der Waals surface area contributed by atoms with Crippen LogP contribution in [-0.2, 0) is 10.0 Å². The van der Waals surface area contributed by atoms with Gasteiger partial charge in [-0.1, -0.05) is 13.8 Å². The highest BCUT2D eigenvalue weighted by Gasteiger charge is 2.20. The fourth-order valence-corrected chi connectivity index (χ4v) is 3.38. The Balaban J connectivity index is 0.00000484. The van der Waals surface area contributed by atoms with Crippen LogP contribution >= 0.6 is 12.4 Å². The highest BCUT2D eigenvalue weighted by atomic mass is 35.5. The fraction of sp³-hybridized carbons (Fsp3) is 0.600. The van der Waals surface area contributed by atoms with Crippen LogP contribution in [0.15, 0.2) is 23.1 Å². The van der Waals surface area contributed by atoms with Gasteiger partial charge in [0, 0.05) is 12.6 Å². The lowest BCUT2D eigenvalue weighted by Crippen LogP contribution is -2.30. The van der Waals surface area contributed by atoms with Gasteiger partial charge >= 0.3 is 0 Å². The molecule has 134 valence electrons. The molecule has 1 aromatic carbocycles. The lowest BCUT2D eigenvalue weighted by molar-refractivity contribution is 0.300. The number of hydrogen-bond donors (Lipinski definition) is 1. The summed E-state index contributed by atoms with van der Waals surface area (Å²) in [4.78, 5) is 2.35. The van der Waals surface area contributed by atoms with E-state index in [1.54, 1.807) is 12.1 Å². The molecule has 0 aliphatic rings. The summed E-state index contributed by atoms with van der Waals surface area (Å²) in [7, 11) is -0.679. The van der Waals surface area contributed by atoms with Crippen LogP contribution in [0.2, 0.25) is 0 Å². The van der Waals surface area contributed by atoms with Gasteiger partial charge in [-0.2, -0.15) is 0 Å². The first-order valence-corrected chi connectivity index (χ1v) is 8.90. The summed E-state index contributed by atoms with van der Waals surface area (Å²) >= 11 is 0. The first-order valence-electron chi connectivity index (χ1n) is 7.42. The first kappa shape index (κ1) is 22.0. The minimum Gasteiger partial charge on any atom is -0.497 e. The Morgan fingerprint density at radius 1 is 1.13 bits per heavy atom. The van der Waals surface area contributed by atoms with Crippen LogP contribution < -0.4 is 14.2 Å². The topological polar surface area (TPSA) is 67.9 Å². The normalized spacial score (nSPS) is 11.2. The minimum atomic E-state index is -3.62. The maximum Gasteiger partial charge on any atom is 0.244 e. The predicted molar refractivity (Wildman–Crippen MR) is 94.4 cm³/mol. The lowest BCUT2D eigenvalue weighted by Gasteiger charge is -2.18. The molecule has 1 aromatic rings. The Bertz CT molecular complexity index is 563. The van der Waals surface area contributed by atoms with E-state index in [9.17, 15) is 8.42 Å². The summed E-state index contributed by atoms with van der Waals surface area (Å²) in [6.45, 7) is 7.37. The largest absolute Gasteiger partial charge is 0.497 e. The molecule has 0 bridgehead atoms. The van der Waals surface area contributed by atoms with Crippen molar-refractivity contribution in [1.82, 2.24) is 9.62 Å². The van der Waals surface area contributed by atoms with Gasteiger partial charge in [0.1, 0.15) is 16.4 Å². The Kier molecular flexibility index (Phi) is 10.2. The predicted octanol–water partition coefficient (Wildman–Crippen LogP) is 2.14. The summed E-state index contributed by atoms with van der Waals surface area (Å²) in [6, 6.07) is 4.72. The van der Waals surface area contributed by atoms with E-state index in [0.29, 0.717) is 18.0 Å². The molecular weight excluding hydrogens is 340 g/mol. The molecule has 1 rings (SSSR count). The first-order chi connectivity index (χ1) is 10.5. The average Bonchev–Trinajstić information content (AvgIpc) is 2.54. The van der Waals surface area contributed by atoms with Gasteiger partial charge in [0.25, 0.3) is 0 Å². The molecule has 0 heterocycles. The molecule has 8 heteroatoms. The number of benzene rings is 1. The highest BCUT2D eigenvalue weighted by Crippen LogP contribution is 2.27. The molecular formula is C15H27ClN2O4S. The van der Waals surface area contributed by atoms with E-state index >= 15 is 0 Å². The average molecular weight is 367 g/mol. The molecule has 0 saturated carbocycles. The zero-order chi connectivity index (χ0) is 16.6. The van der Waals surface area contributed by atoms with Crippen LogP contribution in [0.5, 0.6) is 11.5 Å². The van der Waals surface area contributed by atoms with E-state index in [1.165, 1.54) is 20.3 Å². The molecule has 0 saturated heterocycles. The zero-order valence-electron chi connectivity index (χ0n) is 14.2. The van der Waals surface area contributed by atoms with Crippen molar-refractivity contribution in [3.8, 4) is 11.5 Å². The van der Waals surface area contributed by atoms with Gasteiger partial charge in [-0.05, 0) is 38.2 Å². The molecule has 0 unspecified atom stereocenters. The van der Waals surface area contributed by atoms with Gasteiger partial charge < -0.3 is 14.4 Å². The van der Waals surface area contributed by atoms with Crippen LogP contribution in [-0.4, -0.2) is 53.7 Å². The summed E-state index contributed by atoms with van der Waals surface area (Å²) < 4.78 is 37.6. The van der Waals surface area contributed by atoms with E-state index in [1.807, 2.05) is 0 Å². The Morgan fingerprint density at radius 2 is 1.78 bits per heavy atom. The zero-order valence-corrected chi connectivity index (χ0v) is 15.8. The van der Waals surface area contributed by atoms with Crippen LogP contribution in [0.25, 0.3) is 0 Å². The van der Waals surface area contributed by atoms with Gasteiger partial charge in [0.15, 0.2) is 0 Å². The van der Waals surface area contributed by atoms with Crippen LogP contribution in [0, 0.1) is 0 Å². The number of halogens is 1. The second-order valence-electron chi connectivity index (χ2n) is 4.80. The second-order valence-corrected chi connectivity index (χ2v) is 6.53. The molecule has 0 radical (unpaired) electrons. The number of methoxy groups -OCH3 is 2. The molecule has 0 aliphatic heterocycles. The number of sulfonamides is 1. The minimum absolute atomic E-state index is 0. The SMILES string of the molecule is CCN(CC)CCCNS(=O)(=O)c1cc(OC)ccc1OC.Cl. The Labute approximate surface area is 145 Å². The Morgan fingerprint density at radius 3 is 2.30 bits per heavy atom. The van der Waals surface area contributed by atoms with Gasteiger partial charge in [-0.15, -0.1) is 12.4 Å². The van der Waals surface area contributed by atoms with Gasteiger partial charge in [-0.25, -0.2) is 13.1 Å². The molecule has 6 nitrogen and oxygen atoms in total. The highest BCUT2D eigenvalue weighted by molar-refractivity contribution is 7.89. The molecule has 1 N–H and O–H groups in total. The van der Waals surface area contributed by atoms with Gasteiger partial charge in [-0.3, -0.25) is 0 Å². The summed E-state index contributed by atoms with van der Waals surface area (Å²) in [5, 5.41) is 0. The van der Waals surface area contributed by atoms with E-state index in [4.69, 9.17) is 9.47 Å². The summed E-state index contributed by atoms with van der Waals surface area (Å²) in [6.07, 6.45) is 0.757. The van der Waals surface area contributed by atoms with Crippen LogP contribution in [0.3, 0.4) is 0 Å². The van der Waals surface area contributed by atoms with E-state index in [0.717, 1.165) is 26.1 Å². The molecule has 0 atom stereocenters. The molecule has 0 fully saturated rings. The fourth-order valence-electron chi connectivity index (χ4n) is 2.12. The van der Waals surface area contributed by atoms with E-state index in [-0.39, 0.29) is 17.3 Å². The summed E-state index contributed by atoms with van der Waals surface area (Å²) in [5.41, 5.74) is 0. The number of rotatable bonds is 10. The van der Waals surface area contributed by atoms with Crippen molar-refractivity contribution >= 4 is 22.4 Å². The standard InChI is InChI=1S/C15H26N2O4S.ClH/c1-5-17(6-2)11-7-10-16-22(18,19)15-12-13(20-3)8-9-14(15)21-4;/h8-9,12,16H,5-7,10-11H2,1-4H3;1H. The molecule has 0 spiro atoms. The number of ether oxygens (including phenoxy) is 2. The third kappa shape index (κ3) is 6.55. The molecule has 0 aliphatic carbocycles. The monoisotopic (exact) mass is 366 g/mol. The third-order valence-electron chi connectivity index (χ3n) is 3.50. The number of nitrogens with zero attached hydrogens (tertiary/aromatic N) is 1. The van der Waals surface area contributed by atoms with Crippen LogP contribution in [0.4, 0.5) is 0 Å². The molecule has 23 heavy (non-hydrogen) atoms. The van der Waals surface area contributed by atoms with Gasteiger partial charge in [0.2, 0.25) is 10.0 Å².